The largest absolute Gasteiger partial charge is 0.363 e. The van der Waals surface area contributed by atoms with E-state index in [0.29, 0.717) is 43.0 Å². The zero-order valence-electron chi connectivity index (χ0n) is 19.7. The quantitative estimate of drug-likeness (QED) is 0.263. The van der Waals surface area contributed by atoms with E-state index in [4.69, 9.17) is 4.98 Å². The van der Waals surface area contributed by atoms with Gasteiger partial charge in [0.2, 0.25) is 0 Å². The van der Waals surface area contributed by atoms with Crippen LogP contribution < -0.4 is 5.32 Å². The fourth-order valence-corrected chi connectivity index (χ4v) is 6.25. The lowest BCUT2D eigenvalue weighted by molar-refractivity contribution is 0.0659. The van der Waals surface area contributed by atoms with Crippen molar-refractivity contribution in [2.45, 2.75) is 38.3 Å². The number of hydrogen-bond acceptors (Lipinski definition) is 7. The maximum absolute atomic E-state index is 14.1. The number of pyridine rings is 1. The summed E-state index contributed by atoms with van der Waals surface area (Å²) in [6.45, 7) is 1.75. The van der Waals surface area contributed by atoms with Crippen LogP contribution in [0.3, 0.4) is 0 Å². The van der Waals surface area contributed by atoms with Gasteiger partial charge in [-0.2, -0.15) is 5.10 Å². The third-order valence-electron chi connectivity index (χ3n) is 6.84. The predicted molar refractivity (Wildman–Crippen MR) is 135 cm³/mol. The minimum absolute atomic E-state index is 0.174. The van der Waals surface area contributed by atoms with Gasteiger partial charge in [0, 0.05) is 5.39 Å². The first kappa shape index (κ1) is 23.0. The number of alkyl halides is 4. The van der Waals surface area contributed by atoms with Crippen molar-refractivity contribution in [3.05, 3.63) is 65.7 Å². The second kappa shape index (κ2) is 8.45. The normalized spacial score (nSPS) is 17.7. The summed E-state index contributed by atoms with van der Waals surface area (Å²) in [4.78, 5) is 13.8. The molecule has 7 rings (SSSR count). The number of thiophene rings is 1. The number of aromatic nitrogens is 7. The fourth-order valence-electron chi connectivity index (χ4n) is 5.06. The molecule has 0 unspecified atom stereocenters. The van der Waals surface area contributed by atoms with Crippen LogP contribution >= 0.6 is 11.3 Å². The van der Waals surface area contributed by atoms with Gasteiger partial charge in [-0.05, 0) is 30.5 Å². The summed E-state index contributed by atoms with van der Waals surface area (Å²) in [7, 11) is 0. The van der Waals surface area contributed by atoms with Gasteiger partial charge in [-0.25, -0.2) is 41.7 Å². The number of fused-ring (bicyclic) bond motifs is 6. The van der Waals surface area contributed by atoms with Crippen LogP contribution in [0.4, 0.5) is 23.4 Å². The standard InChI is InChI=1S/C25H18F4N8S/c1-11-7-15(20(26)27)33-25-17(11)18-19(38-25)24-34-22(35-36(24)10-30-18)13-9-31-37-16(21(28)29)8-14(32-23(13)37)12-5-3-2-4-6-12/h2-7,9-10,14,16,20-21,32H,8H2,1H3/t14-,16-/m1/s1. The summed E-state index contributed by atoms with van der Waals surface area (Å²) >= 11 is 1.21. The molecule has 6 heterocycles. The molecule has 38 heavy (non-hydrogen) atoms. The number of aryl methyl sites for hydroxylation is 1. The lowest BCUT2D eigenvalue weighted by Crippen LogP contribution is -2.31. The molecule has 1 aliphatic rings. The average Bonchev–Trinajstić information content (AvgIpc) is 3.62. The van der Waals surface area contributed by atoms with Gasteiger partial charge in [-0.15, -0.1) is 16.4 Å². The molecule has 8 nitrogen and oxygen atoms in total. The van der Waals surface area contributed by atoms with Gasteiger partial charge in [0.15, 0.2) is 11.5 Å². The summed E-state index contributed by atoms with van der Waals surface area (Å²) in [6, 6.07) is 9.32. The molecule has 1 aromatic carbocycles. The first-order valence-corrected chi connectivity index (χ1v) is 12.6. The van der Waals surface area contributed by atoms with Crippen molar-refractivity contribution >= 4 is 43.2 Å². The Morgan fingerprint density at radius 1 is 1.11 bits per heavy atom. The number of halogens is 4. The topological polar surface area (TPSA) is 85.8 Å². The summed E-state index contributed by atoms with van der Waals surface area (Å²) in [5.41, 5.74) is 2.78. The number of hydrogen-bond donors (Lipinski definition) is 1. The van der Waals surface area contributed by atoms with E-state index >= 15 is 0 Å². The molecular formula is C25H18F4N8S. The van der Waals surface area contributed by atoms with Crippen molar-refractivity contribution in [3.63, 3.8) is 0 Å². The summed E-state index contributed by atoms with van der Waals surface area (Å²) in [5, 5.41) is 12.9. The Balaban J connectivity index is 1.37. The molecular weight excluding hydrogens is 520 g/mol. The lowest BCUT2D eigenvalue weighted by atomic mass is 9.97. The van der Waals surface area contributed by atoms with E-state index in [1.807, 2.05) is 30.3 Å². The number of rotatable bonds is 4. The molecule has 0 aliphatic carbocycles. The van der Waals surface area contributed by atoms with E-state index in [2.05, 4.69) is 25.5 Å². The Bertz CT molecular complexity index is 1830. The Labute approximate surface area is 216 Å². The SMILES string of the molecule is Cc1cc(C(F)F)nc2sc3c(ncn4nc(-c5cnn6c5N[C@@H](c5ccccc5)C[C@@H]6C(F)F)nc34)c12. The molecule has 0 saturated heterocycles. The van der Waals surface area contributed by atoms with Gasteiger partial charge in [0.25, 0.3) is 12.9 Å². The molecule has 13 heteroatoms. The van der Waals surface area contributed by atoms with Gasteiger partial charge in [0.1, 0.15) is 33.4 Å². The van der Waals surface area contributed by atoms with Crippen LogP contribution in [0.2, 0.25) is 0 Å². The number of benzene rings is 1. The first-order valence-electron chi connectivity index (χ1n) is 11.8. The van der Waals surface area contributed by atoms with Crippen LogP contribution in [-0.2, 0) is 0 Å². The summed E-state index contributed by atoms with van der Waals surface area (Å²) < 4.78 is 58.2. The Kier molecular flexibility index (Phi) is 5.12. The molecule has 6 aromatic rings. The van der Waals surface area contributed by atoms with Crippen LogP contribution in [0.1, 0.15) is 41.8 Å². The van der Waals surface area contributed by atoms with Gasteiger partial charge in [0.05, 0.1) is 23.3 Å². The van der Waals surface area contributed by atoms with Crippen molar-refractivity contribution < 1.29 is 17.6 Å². The van der Waals surface area contributed by atoms with Crippen LogP contribution in [0.15, 0.2) is 48.9 Å². The van der Waals surface area contributed by atoms with Crippen molar-refractivity contribution in [3.8, 4) is 11.4 Å². The smallest absolute Gasteiger partial charge is 0.280 e. The monoisotopic (exact) mass is 538 g/mol. The highest BCUT2D eigenvalue weighted by Gasteiger charge is 2.36. The maximum Gasteiger partial charge on any atom is 0.280 e. The highest BCUT2D eigenvalue weighted by Crippen LogP contribution is 2.42. The maximum atomic E-state index is 14.1. The molecule has 0 spiro atoms. The van der Waals surface area contributed by atoms with E-state index in [1.54, 1.807) is 6.92 Å². The van der Waals surface area contributed by atoms with Gasteiger partial charge in [-0.3, -0.25) is 0 Å². The average molecular weight is 539 g/mol. The summed E-state index contributed by atoms with van der Waals surface area (Å²) in [6.07, 6.45) is -2.14. The van der Waals surface area contributed by atoms with Crippen LogP contribution in [0.25, 0.3) is 37.5 Å². The molecule has 1 aliphatic heterocycles. The molecule has 1 N–H and O–H groups in total. The Hall–Kier alpha value is -4.13. The van der Waals surface area contributed by atoms with Gasteiger partial charge >= 0.3 is 0 Å². The second-order valence-electron chi connectivity index (χ2n) is 9.17. The van der Waals surface area contributed by atoms with Crippen molar-refractivity contribution in [1.29, 1.82) is 0 Å². The van der Waals surface area contributed by atoms with E-state index < -0.39 is 18.9 Å². The highest BCUT2D eigenvalue weighted by atomic mass is 32.1. The summed E-state index contributed by atoms with van der Waals surface area (Å²) in [5.74, 6) is 0.691. The molecule has 0 saturated carbocycles. The molecule has 192 valence electrons. The highest BCUT2D eigenvalue weighted by molar-refractivity contribution is 7.26. The van der Waals surface area contributed by atoms with Crippen molar-refractivity contribution in [2.24, 2.45) is 0 Å². The zero-order chi connectivity index (χ0) is 26.1. The molecule has 0 radical (unpaired) electrons. The Morgan fingerprint density at radius 2 is 1.92 bits per heavy atom. The third kappa shape index (κ3) is 3.45. The Morgan fingerprint density at radius 3 is 2.68 bits per heavy atom. The predicted octanol–water partition coefficient (Wildman–Crippen LogP) is 6.36. The van der Waals surface area contributed by atoms with Gasteiger partial charge in [-0.1, -0.05) is 30.3 Å². The lowest BCUT2D eigenvalue weighted by Gasteiger charge is -2.32. The minimum atomic E-state index is -2.69. The number of nitrogens with zero attached hydrogens (tertiary/aromatic N) is 7. The van der Waals surface area contributed by atoms with Crippen molar-refractivity contribution in [1.82, 2.24) is 34.3 Å². The first-order chi connectivity index (χ1) is 18.4. The van der Waals surface area contributed by atoms with Crippen LogP contribution in [-0.4, -0.2) is 40.8 Å². The molecule has 0 amide bonds. The third-order valence-corrected chi connectivity index (χ3v) is 7.91. The second-order valence-corrected chi connectivity index (χ2v) is 10.2. The zero-order valence-corrected chi connectivity index (χ0v) is 20.5. The number of nitrogens with one attached hydrogen (secondary N) is 1. The van der Waals surface area contributed by atoms with Crippen LogP contribution in [0, 0.1) is 6.92 Å². The van der Waals surface area contributed by atoms with Crippen molar-refractivity contribution in [2.75, 3.05) is 5.32 Å². The molecule has 5 aromatic heterocycles. The van der Waals surface area contributed by atoms with E-state index in [1.165, 1.54) is 39.1 Å². The van der Waals surface area contributed by atoms with Crippen LogP contribution in [0.5, 0.6) is 0 Å². The van der Waals surface area contributed by atoms with E-state index in [0.717, 1.165) is 5.56 Å². The fraction of sp³-hybridized carbons (Fsp3) is 0.240. The van der Waals surface area contributed by atoms with Gasteiger partial charge < -0.3 is 5.32 Å². The number of anilines is 1. The van der Waals surface area contributed by atoms with E-state index in [-0.39, 0.29) is 24.0 Å². The van der Waals surface area contributed by atoms with E-state index in [9.17, 15) is 17.6 Å². The molecule has 0 bridgehead atoms. The molecule has 0 fully saturated rings. The minimum Gasteiger partial charge on any atom is -0.363 e. The molecule has 2 atom stereocenters.